The minimum Gasteiger partial charge on any atom is -0.388 e. The molecule has 0 aliphatic rings. The monoisotopic (exact) mass is 266 g/mol. The summed E-state index contributed by atoms with van der Waals surface area (Å²) in [6, 6.07) is 16.0. The quantitative estimate of drug-likeness (QED) is 0.790. The zero-order valence-corrected chi connectivity index (χ0v) is 11.7. The Kier molecular flexibility index (Phi) is 3.28. The second kappa shape index (κ2) is 5.10. The van der Waals surface area contributed by atoms with Gasteiger partial charge in [-0.1, -0.05) is 36.4 Å². The molecule has 0 spiro atoms. The molecular weight excluding hydrogens is 248 g/mol. The lowest BCUT2D eigenvalue weighted by Crippen LogP contribution is -2.08. The summed E-state index contributed by atoms with van der Waals surface area (Å²) in [5.74, 6) is 0.905. The smallest absolute Gasteiger partial charge is 0.112 e. The van der Waals surface area contributed by atoms with Crippen molar-refractivity contribution in [3.63, 3.8) is 0 Å². The van der Waals surface area contributed by atoms with Gasteiger partial charge < -0.3 is 9.67 Å². The first-order valence-corrected chi connectivity index (χ1v) is 6.81. The summed E-state index contributed by atoms with van der Waals surface area (Å²) in [4.78, 5) is 4.61. The second-order valence-corrected chi connectivity index (χ2v) is 5.15. The molecule has 1 N–H and O–H groups in total. The maximum atomic E-state index is 10.5. The highest BCUT2D eigenvalue weighted by Gasteiger charge is 2.15. The van der Waals surface area contributed by atoms with Crippen molar-refractivity contribution in [2.24, 2.45) is 7.05 Å². The lowest BCUT2D eigenvalue weighted by Gasteiger charge is -2.13. The van der Waals surface area contributed by atoms with Gasteiger partial charge in [0.15, 0.2) is 0 Å². The number of aliphatic hydroxyl groups excluding tert-OH is 1. The molecule has 3 aromatic rings. The van der Waals surface area contributed by atoms with Crippen LogP contribution in [-0.2, 0) is 13.5 Å². The Balaban J connectivity index is 1.93. The van der Waals surface area contributed by atoms with E-state index in [0.717, 1.165) is 28.0 Å². The van der Waals surface area contributed by atoms with Gasteiger partial charge in [0.1, 0.15) is 5.82 Å². The number of nitrogens with zero attached hydrogens (tertiary/aromatic N) is 2. The molecule has 0 bridgehead atoms. The van der Waals surface area contributed by atoms with Crippen LogP contribution in [0, 0.1) is 6.92 Å². The van der Waals surface area contributed by atoms with E-state index >= 15 is 0 Å². The first kappa shape index (κ1) is 12.9. The Bertz CT molecular complexity index is 746. The minimum absolute atomic E-state index is 0.522. The number of aryl methyl sites for hydroxylation is 2. The van der Waals surface area contributed by atoms with Crippen LogP contribution < -0.4 is 0 Å². The molecule has 1 heterocycles. The zero-order chi connectivity index (χ0) is 14.1. The van der Waals surface area contributed by atoms with Gasteiger partial charge >= 0.3 is 0 Å². The maximum absolute atomic E-state index is 10.5. The van der Waals surface area contributed by atoms with Crippen molar-refractivity contribution in [2.75, 3.05) is 0 Å². The van der Waals surface area contributed by atoms with Crippen LogP contribution in [0.5, 0.6) is 0 Å². The third-order valence-electron chi connectivity index (χ3n) is 3.80. The predicted octanol–water partition coefficient (Wildman–Crippen LogP) is 3.16. The van der Waals surface area contributed by atoms with Crippen LogP contribution in [0.4, 0.5) is 0 Å². The van der Waals surface area contributed by atoms with Crippen molar-refractivity contribution < 1.29 is 5.11 Å². The van der Waals surface area contributed by atoms with Gasteiger partial charge in [-0.25, -0.2) is 4.98 Å². The van der Waals surface area contributed by atoms with Gasteiger partial charge in [0.25, 0.3) is 0 Å². The Morgan fingerprint density at radius 3 is 2.55 bits per heavy atom. The highest BCUT2D eigenvalue weighted by atomic mass is 16.3. The standard InChI is InChI=1S/C17H18N2O/c1-12-7-3-4-8-13(12)16(20)11-17-18-14-9-5-6-10-15(14)19(17)2/h3-10,16,20H,11H2,1-2H3. The zero-order valence-electron chi connectivity index (χ0n) is 11.7. The van der Waals surface area contributed by atoms with Crippen LogP contribution in [0.3, 0.4) is 0 Å². The van der Waals surface area contributed by atoms with Crippen LogP contribution in [-0.4, -0.2) is 14.7 Å². The molecule has 1 unspecified atom stereocenters. The van der Waals surface area contributed by atoms with Crippen LogP contribution in [0.25, 0.3) is 11.0 Å². The van der Waals surface area contributed by atoms with Crippen molar-refractivity contribution in [3.05, 3.63) is 65.5 Å². The number of imidazole rings is 1. The molecule has 0 amide bonds. The van der Waals surface area contributed by atoms with Gasteiger partial charge in [-0.3, -0.25) is 0 Å². The largest absolute Gasteiger partial charge is 0.388 e. The van der Waals surface area contributed by atoms with E-state index in [9.17, 15) is 5.11 Å². The molecule has 0 saturated heterocycles. The van der Waals surface area contributed by atoms with Crippen molar-refractivity contribution in [3.8, 4) is 0 Å². The van der Waals surface area contributed by atoms with E-state index in [1.54, 1.807) is 0 Å². The third kappa shape index (κ3) is 2.21. The lowest BCUT2D eigenvalue weighted by atomic mass is 10.0. The topological polar surface area (TPSA) is 38.1 Å². The Labute approximate surface area is 118 Å². The summed E-state index contributed by atoms with van der Waals surface area (Å²) in [6.07, 6.45) is 0.00228. The van der Waals surface area contributed by atoms with E-state index in [4.69, 9.17) is 0 Å². The summed E-state index contributed by atoms with van der Waals surface area (Å²) in [7, 11) is 2.00. The van der Waals surface area contributed by atoms with Crippen molar-refractivity contribution in [1.29, 1.82) is 0 Å². The molecule has 1 atom stereocenters. The number of benzene rings is 2. The Morgan fingerprint density at radius 1 is 1.10 bits per heavy atom. The fourth-order valence-electron chi connectivity index (χ4n) is 2.62. The van der Waals surface area contributed by atoms with Gasteiger partial charge in [0.05, 0.1) is 17.1 Å². The van der Waals surface area contributed by atoms with Crippen LogP contribution in [0.1, 0.15) is 23.1 Å². The van der Waals surface area contributed by atoms with E-state index in [0.29, 0.717) is 6.42 Å². The fourth-order valence-corrected chi connectivity index (χ4v) is 2.62. The van der Waals surface area contributed by atoms with E-state index in [-0.39, 0.29) is 0 Å². The van der Waals surface area contributed by atoms with Crippen LogP contribution >= 0.6 is 0 Å². The van der Waals surface area contributed by atoms with Crippen LogP contribution in [0.15, 0.2) is 48.5 Å². The molecule has 1 aromatic heterocycles. The summed E-state index contributed by atoms with van der Waals surface area (Å²) in [6.45, 7) is 2.02. The number of fused-ring (bicyclic) bond motifs is 1. The molecule has 102 valence electrons. The van der Waals surface area contributed by atoms with Crippen molar-refractivity contribution >= 4 is 11.0 Å². The van der Waals surface area contributed by atoms with Crippen molar-refractivity contribution in [1.82, 2.24) is 9.55 Å². The normalized spacial score (nSPS) is 12.8. The second-order valence-electron chi connectivity index (χ2n) is 5.15. The van der Waals surface area contributed by atoms with Gasteiger partial charge in [-0.05, 0) is 30.2 Å². The van der Waals surface area contributed by atoms with Gasteiger partial charge in [0.2, 0.25) is 0 Å². The summed E-state index contributed by atoms with van der Waals surface area (Å²) < 4.78 is 2.05. The highest BCUT2D eigenvalue weighted by molar-refractivity contribution is 5.75. The maximum Gasteiger partial charge on any atom is 0.112 e. The molecule has 0 saturated carbocycles. The SMILES string of the molecule is Cc1ccccc1C(O)Cc1nc2ccccc2n1C. The Hall–Kier alpha value is -2.13. The number of aromatic nitrogens is 2. The molecule has 2 aromatic carbocycles. The average molecular weight is 266 g/mol. The summed E-state index contributed by atoms with van der Waals surface area (Å²) in [5.41, 5.74) is 4.15. The number of rotatable bonds is 3. The number of hydrogen-bond acceptors (Lipinski definition) is 2. The van der Waals surface area contributed by atoms with Crippen LogP contribution in [0.2, 0.25) is 0 Å². The molecule has 0 aliphatic heterocycles. The number of aliphatic hydroxyl groups is 1. The third-order valence-corrected chi connectivity index (χ3v) is 3.80. The lowest BCUT2D eigenvalue weighted by molar-refractivity contribution is 0.174. The predicted molar refractivity (Wildman–Crippen MR) is 80.6 cm³/mol. The molecule has 20 heavy (non-hydrogen) atoms. The molecule has 3 rings (SSSR count). The molecule has 0 radical (unpaired) electrons. The fraction of sp³-hybridized carbons (Fsp3) is 0.235. The van der Waals surface area contributed by atoms with Gasteiger partial charge in [0, 0.05) is 13.5 Å². The minimum atomic E-state index is -0.522. The molecule has 0 aliphatic carbocycles. The Morgan fingerprint density at radius 2 is 1.80 bits per heavy atom. The summed E-state index contributed by atoms with van der Waals surface area (Å²) in [5, 5.41) is 10.5. The first-order valence-electron chi connectivity index (χ1n) is 6.81. The van der Waals surface area contributed by atoms with Gasteiger partial charge in [-0.2, -0.15) is 0 Å². The molecular formula is C17H18N2O. The summed E-state index contributed by atoms with van der Waals surface area (Å²) >= 11 is 0. The molecule has 3 heteroatoms. The highest BCUT2D eigenvalue weighted by Crippen LogP contribution is 2.23. The first-order chi connectivity index (χ1) is 9.66. The van der Waals surface area contributed by atoms with Crippen molar-refractivity contribution in [2.45, 2.75) is 19.4 Å². The average Bonchev–Trinajstić information content (AvgIpc) is 2.76. The number of para-hydroxylation sites is 2. The van der Waals surface area contributed by atoms with E-state index < -0.39 is 6.10 Å². The number of hydrogen-bond donors (Lipinski definition) is 1. The molecule has 3 nitrogen and oxygen atoms in total. The van der Waals surface area contributed by atoms with Gasteiger partial charge in [-0.15, -0.1) is 0 Å². The van der Waals surface area contributed by atoms with E-state index in [1.807, 2.05) is 62.5 Å². The van der Waals surface area contributed by atoms with E-state index in [1.165, 1.54) is 0 Å². The molecule has 0 fully saturated rings. The van der Waals surface area contributed by atoms with E-state index in [2.05, 4.69) is 9.55 Å².